The molecule has 1 nitrogen and oxygen atoms in total. The van der Waals surface area contributed by atoms with Crippen molar-refractivity contribution in [3.63, 3.8) is 0 Å². The molecule has 0 saturated heterocycles. The summed E-state index contributed by atoms with van der Waals surface area (Å²) in [6.07, 6.45) is 2.11. The van der Waals surface area contributed by atoms with Crippen molar-refractivity contribution in [1.82, 2.24) is 0 Å². The number of benzene rings is 4. The maximum atomic E-state index is 5.56. The Kier molecular flexibility index (Phi) is 5.81. The monoisotopic (exact) mass is 399 g/mol. The highest BCUT2D eigenvalue weighted by Gasteiger charge is 2.27. The predicted octanol–water partition coefficient (Wildman–Crippen LogP) is 6.22. The van der Waals surface area contributed by atoms with Gasteiger partial charge in [0.2, 0.25) is 0 Å². The minimum absolute atomic E-state index is 1.06. The lowest BCUT2D eigenvalue weighted by Crippen LogP contribution is -2.25. The van der Waals surface area contributed by atoms with E-state index < -0.39 is 7.05 Å². The van der Waals surface area contributed by atoms with Gasteiger partial charge in [-0.05, 0) is 18.4 Å². The Morgan fingerprint density at radius 1 is 0.536 bits per heavy atom. The van der Waals surface area contributed by atoms with Gasteiger partial charge in [0.25, 0.3) is 0 Å². The highest BCUT2D eigenvalue weighted by atomic mass is 32.2. The first-order chi connectivity index (χ1) is 13.8. The molecule has 0 aliphatic rings. The summed E-state index contributed by atoms with van der Waals surface area (Å²) in [5.41, 5.74) is 1.06. The second-order valence-electron chi connectivity index (χ2n) is 6.41. The van der Waals surface area contributed by atoms with Crippen molar-refractivity contribution in [1.29, 1.82) is 0 Å². The second-order valence-corrected chi connectivity index (χ2v) is 10.3. The van der Waals surface area contributed by atoms with Crippen molar-refractivity contribution in [3.8, 4) is 0 Å². The number of hydrogen-bond donors (Lipinski definition) is 0. The van der Waals surface area contributed by atoms with Crippen LogP contribution in [0.2, 0.25) is 0 Å². The molecule has 4 rings (SSSR count). The number of nitrogens with zero attached hydrogens (tertiary/aromatic N) is 1. The Hall–Kier alpha value is -2.54. The van der Waals surface area contributed by atoms with Crippen LogP contribution in [0.5, 0.6) is 0 Å². The van der Waals surface area contributed by atoms with Gasteiger partial charge < -0.3 is 0 Å². The SMILES string of the molecule is CSc1ccccc1N=P(c1ccccc1)(c1ccccc1)c1ccccc1. The molecular formula is C25H22NPS. The first kappa shape index (κ1) is 18.8. The maximum Gasteiger partial charge on any atom is 0.0760 e. The van der Waals surface area contributed by atoms with Gasteiger partial charge in [0.05, 0.1) is 12.7 Å². The first-order valence-electron chi connectivity index (χ1n) is 9.27. The van der Waals surface area contributed by atoms with Crippen LogP contribution in [-0.4, -0.2) is 6.26 Å². The molecule has 0 aromatic heterocycles. The topological polar surface area (TPSA) is 12.4 Å². The fourth-order valence-electron chi connectivity index (χ4n) is 3.43. The molecule has 0 atom stereocenters. The van der Waals surface area contributed by atoms with Gasteiger partial charge in [-0.3, -0.25) is 4.74 Å². The van der Waals surface area contributed by atoms with Gasteiger partial charge in [-0.2, -0.15) is 0 Å². The van der Waals surface area contributed by atoms with Crippen LogP contribution in [0.3, 0.4) is 0 Å². The fourth-order valence-corrected chi connectivity index (χ4v) is 7.58. The van der Waals surface area contributed by atoms with Crippen molar-refractivity contribution < 1.29 is 0 Å². The van der Waals surface area contributed by atoms with Crippen molar-refractivity contribution in [3.05, 3.63) is 115 Å². The van der Waals surface area contributed by atoms with E-state index in [4.69, 9.17) is 4.74 Å². The van der Waals surface area contributed by atoms with Crippen molar-refractivity contribution in [2.45, 2.75) is 4.90 Å². The Morgan fingerprint density at radius 3 is 1.36 bits per heavy atom. The average molecular weight is 399 g/mol. The lowest BCUT2D eigenvalue weighted by Gasteiger charge is -2.27. The molecule has 0 unspecified atom stereocenters. The summed E-state index contributed by atoms with van der Waals surface area (Å²) in [5, 5.41) is 3.80. The van der Waals surface area contributed by atoms with E-state index in [1.807, 2.05) is 0 Å². The van der Waals surface area contributed by atoms with Crippen molar-refractivity contribution >= 4 is 40.4 Å². The summed E-state index contributed by atoms with van der Waals surface area (Å²) < 4.78 is 5.56. The van der Waals surface area contributed by atoms with Gasteiger partial charge >= 0.3 is 0 Å². The normalized spacial score (nSPS) is 11.2. The van der Waals surface area contributed by atoms with E-state index in [9.17, 15) is 0 Å². The lowest BCUT2D eigenvalue weighted by atomic mass is 10.3. The Balaban J connectivity index is 2.15. The molecule has 0 aliphatic carbocycles. The minimum atomic E-state index is -2.20. The smallest absolute Gasteiger partial charge is 0.0760 e. The lowest BCUT2D eigenvalue weighted by molar-refractivity contribution is 1.39. The van der Waals surface area contributed by atoms with E-state index in [0.29, 0.717) is 0 Å². The average Bonchev–Trinajstić information content (AvgIpc) is 2.79. The van der Waals surface area contributed by atoms with Crippen LogP contribution in [-0.2, 0) is 0 Å². The zero-order valence-electron chi connectivity index (χ0n) is 15.8. The zero-order chi connectivity index (χ0) is 19.2. The van der Waals surface area contributed by atoms with Gasteiger partial charge in [0.1, 0.15) is 0 Å². The molecule has 3 heteroatoms. The molecule has 0 aliphatic heterocycles. The fraction of sp³-hybridized carbons (Fsp3) is 0.0400. The third-order valence-electron chi connectivity index (χ3n) is 4.73. The molecular weight excluding hydrogens is 377 g/mol. The van der Waals surface area contributed by atoms with E-state index in [-0.39, 0.29) is 0 Å². The standard InChI is InChI=1S/C25H22NPS/c1-28-25-20-12-11-19-24(25)26-27(21-13-5-2-6-14-21,22-15-7-3-8-16-22)23-17-9-4-10-18-23/h2-20H,1H3. The van der Waals surface area contributed by atoms with Crippen LogP contribution >= 0.6 is 18.8 Å². The highest BCUT2D eigenvalue weighted by Crippen LogP contribution is 2.50. The molecule has 4 aromatic carbocycles. The van der Waals surface area contributed by atoms with Crippen molar-refractivity contribution in [2.24, 2.45) is 4.74 Å². The van der Waals surface area contributed by atoms with Crippen LogP contribution in [0.4, 0.5) is 5.69 Å². The molecule has 0 heterocycles. The van der Waals surface area contributed by atoms with Gasteiger partial charge in [0.15, 0.2) is 0 Å². The number of rotatable bonds is 5. The van der Waals surface area contributed by atoms with Gasteiger partial charge in [-0.25, -0.2) is 0 Å². The summed E-state index contributed by atoms with van der Waals surface area (Å²) in [7, 11) is -2.20. The summed E-state index contributed by atoms with van der Waals surface area (Å²) >= 11 is 1.75. The third-order valence-corrected chi connectivity index (χ3v) is 9.17. The Morgan fingerprint density at radius 2 is 0.929 bits per heavy atom. The molecule has 0 saturated carbocycles. The molecule has 0 amide bonds. The second kappa shape index (κ2) is 8.65. The summed E-state index contributed by atoms with van der Waals surface area (Å²) in [5.74, 6) is 0. The van der Waals surface area contributed by atoms with Crippen LogP contribution in [0, 0.1) is 0 Å². The van der Waals surface area contributed by atoms with E-state index in [2.05, 4.69) is 122 Å². The number of hydrogen-bond acceptors (Lipinski definition) is 2. The van der Waals surface area contributed by atoms with Gasteiger partial charge in [-0.15, -0.1) is 11.8 Å². The highest BCUT2D eigenvalue weighted by molar-refractivity contribution is 7.98. The molecule has 0 N–H and O–H groups in total. The largest absolute Gasteiger partial charge is 0.253 e. The van der Waals surface area contributed by atoms with E-state index >= 15 is 0 Å². The van der Waals surface area contributed by atoms with E-state index in [1.165, 1.54) is 20.8 Å². The summed E-state index contributed by atoms with van der Waals surface area (Å²) in [6, 6.07) is 40.7. The summed E-state index contributed by atoms with van der Waals surface area (Å²) in [6.45, 7) is 0. The molecule has 28 heavy (non-hydrogen) atoms. The molecule has 0 fully saturated rings. The molecule has 4 aromatic rings. The van der Waals surface area contributed by atoms with Gasteiger partial charge in [-0.1, -0.05) is 103 Å². The van der Waals surface area contributed by atoms with E-state index in [0.717, 1.165) is 5.69 Å². The Labute approximate surface area is 171 Å². The first-order valence-corrected chi connectivity index (χ1v) is 12.2. The van der Waals surface area contributed by atoms with Crippen LogP contribution in [0.25, 0.3) is 0 Å². The minimum Gasteiger partial charge on any atom is -0.253 e. The number of thioether (sulfide) groups is 1. The van der Waals surface area contributed by atoms with Crippen LogP contribution < -0.4 is 15.9 Å². The quantitative estimate of drug-likeness (QED) is 0.287. The molecule has 0 bridgehead atoms. The zero-order valence-corrected chi connectivity index (χ0v) is 17.5. The summed E-state index contributed by atoms with van der Waals surface area (Å²) in [4.78, 5) is 1.20. The predicted molar refractivity (Wildman–Crippen MR) is 125 cm³/mol. The Bertz CT molecular complexity index is 990. The third kappa shape index (κ3) is 3.58. The van der Waals surface area contributed by atoms with Crippen LogP contribution in [0.15, 0.2) is 125 Å². The van der Waals surface area contributed by atoms with Crippen molar-refractivity contribution in [2.75, 3.05) is 6.26 Å². The molecule has 0 radical (unpaired) electrons. The van der Waals surface area contributed by atoms with E-state index in [1.54, 1.807) is 11.8 Å². The van der Waals surface area contributed by atoms with Gasteiger partial charge in [0, 0.05) is 20.8 Å². The van der Waals surface area contributed by atoms with Crippen LogP contribution in [0.1, 0.15) is 0 Å². The maximum absolute atomic E-state index is 5.56. The molecule has 0 spiro atoms. The molecule has 138 valence electrons.